The normalized spacial score (nSPS) is 10.8. The minimum absolute atomic E-state index is 0.522. The van der Waals surface area contributed by atoms with Crippen LogP contribution in [0.3, 0.4) is 0 Å². The Hall–Kier alpha value is -2.52. The summed E-state index contributed by atoms with van der Waals surface area (Å²) in [5.41, 5.74) is 1.21. The van der Waals surface area contributed by atoms with Crippen LogP contribution in [0.1, 0.15) is 18.9 Å². The second-order valence-corrected chi connectivity index (χ2v) is 5.95. The number of benzene rings is 3. The van der Waals surface area contributed by atoms with Gasteiger partial charge in [0.15, 0.2) is 0 Å². The predicted octanol–water partition coefficient (Wildman–Crippen LogP) is 4.80. The van der Waals surface area contributed by atoms with Crippen LogP contribution in [0.15, 0.2) is 66.7 Å². The van der Waals surface area contributed by atoms with Crippen molar-refractivity contribution < 1.29 is 9.47 Å². The Morgan fingerprint density at radius 3 is 2.40 bits per heavy atom. The van der Waals surface area contributed by atoms with Crippen LogP contribution < -0.4 is 14.8 Å². The quantitative estimate of drug-likeness (QED) is 0.570. The molecule has 3 aromatic rings. The number of nitrogens with one attached hydrogen (secondary N) is 1. The molecular weight excluding hydrogens is 310 g/mol. The lowest BCUT2D eigenvalue weighted by Gasteiger charge is -2.15. The van der Waals surface area contributed by atoms with Crippen LogP contribution in [-0.2, 0) is 6.54 Å². The molecule has 0 saturated carbocycles. The Bertz CT molecular complexity index is 786. The van der Waals surface area contributed by atoms with Crippen LogP contribution in [0, 0.1) is 0 Å². The first-order valence-electron chi connectivity index (χ1n) is 8.90. The zero-order chi connectivity index (χ0) is 17.3. The summed E-state index contributed by atoms with van der Waals surface area (Å²) in [4.78, 5) is 0. The van der Waals surface area contributed by atoms with Gasteiger partial charge in [0.05, 0.1) is 0 Å². The molecule has 3 heteroatoms. The van der Waals surface area contributed by atoms with E-state index in [0.29, 0.717) is 13.2 Å². The lowest BCUT2D eigenvalue weighted by atomic mass is 10.0. The Morgan fingerprint density at radius 2 is 1.56 bits per heavy atom. The lowest BCUT2D eigenvalue weighted by molar-refractivity contribution is 0.216. The van der Waals surface area contributed by atoms with Gasteiger partial charge in [-0.1, -0.05) is 55.5 Å². The van der Waals surface area contributed by atoms with Crippen molar-refractivity contribution in [2.75, 3.05) is 19.8 Å². The number of hydrogen-bond acceptors (Lipinski definition) is 3. The minimum Gasteiger partial charge on any atom is -0.490 e. The number of fused-ring (bicyclic) bond motifs is 1. The van der Waals surface area contributed by atoms with E-state index < -0.39 is 0 Å². The monoisotopic (exact) mass is 335 g/mol. The molecule has 0 aliphatic heterocycles. The highest BCUT2D eigenvalue weighted by molar-refractivity contribution is 5.87. The zero-order valence-corrected chi connectivity index (χ0v) is 14.7. The molecule has 0 atom stereocenters. The summed E-state index contributed by atoms with van der Waals surface area (Å²) < 4.78 is 11.7. The summed E-state index contributed by atoms with van der Waals surface area (Å²) in [6, 6.07) is 22.5. The maximum Gasteiger partial charge on any atom is 0.124 e. The summed E-state index contributed by atoms with van der Waals surface area (Å²) in [7, 11) is 0. The summed E-state index contributed by atoms with van der Waals surface area (Å²) in [6.07, 6.45) is 1.12. The van der Waals surface area contributed by atoms with Crippen molar-refractivity contribution >= 4 is 10.8 Å². The van der Waals surface area contributed by atoms with Crippen molar-refractivity contribution in [1.29, 1.82) is 0 Å². The molecule has 3 aromatic carbocycles. The molecule has 0 unspecified atom stereocenters. The third kappa shape index (κ3) is 4.74. The van der Waals surface area contributed by atoms with Crippen LogP contribution in [0.2, 0.25) is 0 Å². The maximum atomic E-state index is 6.03. The molecule has 0 amide bonds. The highest BCUT2D eigenvalue weighted by atomic mass is 16.5. The van der Waals surface area contributed by atoms with Gasteiger partial charge in [-0.25, -0.2) is 0 Å². The second-order valence-electron chi connectivity index (χ2n) is 5.95. The topological polar surface area (TPSA) is 30.5 Å². The zero-order valence-electron chi connectivity index (χ0n) is 14.7. The first-order valence-corrected chi connectivity index (χ1v) is 8.90. The van der Waals surface area contributed by atoms with Gasteiger partial charge in [0.1, 0.15) is 24.7 Å². The van der Waals surface area contributed by atoms with Gasteiger partial charge < -0.3 is 14.8 Å². The molecule has 0 aliphatic rings. The molecular formula is C22H25NO2. The number of rotatable bonds is 9. The van der Waals surface area contributed by atoms with Gasteiger partial charge >= 0.3 is 0 Å². The van der Waals surface area contributed by atoms with Gasteiger partial charge in [0.25, 0.3) is 0 Å². The number of hydrogen-bond donors (Lipinski definition) is 1. The van der Waals surface area contributed by atoms with Gasteiger partial charge in [-0.15, -0.1) is 0 Å². The van der Waals surface area contributed by atoms with E-state index in [4.69, 9.17) is 9.47 Å². The molecule has 0 spiro atoms. The van der Waals surface area contributed by atoms with Crippen molar-refractivity contribution in [2.45, 2.75) is 19.9 Å². The van der Waals surface area contributed by atoms with Crippen molar-refractivity contribution in [3.05, 3.63) is 72.3 Å². The first-order chi connectivity index (χ1) is 12.4. The van der Waals surface area contributed by atoms with Crippen LogP contribution in [0.4, 0.5) is 0 Å². The molecule has 3 nitrogen and oxygen atoms in total. The van der Waals surface area contributed by atoms with E-state index in [1.807, 2.05) is 30.3 Å². The predicted molar refractivity (Wildman–Crippen MR) is 103 cm³/mol. The van der Waals surface area contributed by atoms with Gasteiger partial charge in [-0.2, -0.15) is 0 Å². The summed E-state index contributed by atoms with van der Waals surface area (Å²) in [5.74, 6) is 1.80. The lowest BCUT2D eigenvalue weighted by Crippen LogP contribution is -2.16. The molecule has 0 saturated heterocycles. The smallest absolute Gasteiger partial charge is 0.124 e. The standard InChI is InChI=1S/C22H25NO2/c1-2-14-23-17-21-20-11-7-6-8-18(20)12-13-22(21)25-16-15-24-19-9-4-3-5-10-19/h3-13,23H,2,14-17H2,1H3. The van der Waals surface area contributed by atoms with E-state index in [0.717, 1.165) is 31.0 Å². The Morgan fingerprint density at radius 1 is 0.800 bits per heavy atom. The maximum absolute atomic E-state index is 6.03. The number of para-hydroxylation sites is 1. The molecule has 0 bridgehead atoms. The average molecular weight is 335 g/mol. The van der Waals surface area contributed by atoms with Crippen molar-refractivity contribution in [3.8, 4) is 11.5 Å². The van der Waals surface area contributed by atoms with E-state index in [1.54, 1.807) is 0 Å². The molecule has 0 radical (unpaired) electrons. The van der Waals surface area contributed by atoms with E-state index in [1.165, 1.54) is 16.3 Å². The molecule has 0 aromatic heterocycles. The fourth-order valence-corrected chi connectivity index (χ4v) is 2.85. The summed E-state index contributed by atoms with van der Waals surface area (Å²) >= 11 is 0. The van der Waals surface area contributed by atoms with Crippen LogP contribution in [0.5, 0.6) is 11.5 Å². The first kappa shape index (κ1) is 17.3. The van der Waals surface area contributed by atoms with E-state index in [9.17, 15) is 0 Å². The van der Waals surface area contributed by atoms with Crippen molar-refractivity contribution in [3.63, 3.8) is 0 Å². The molecule has 0 heterocycles. The molecule has 130 valence electrons. The molecule has 0 fully saturated rings. The molecule has 3 rings (SSSR count). The van der Waals surface area contributed by atoms with Crippen molar-refractivity contribution in [1.82, 2.24) is 5.32 Å². The van der Waals surface area contributed by atoms with E-state index in [2.05, 4.69) is 48.6 Å². The number of ether oxygens (including phenoxy) is 2. The van der Waals surface area contributed by atoms with Gasteiger partial charge in [-0.3, -0.25) is 0 Å². The Labute approximate surface area is 149 Å². The van der Waals surface area contributed by atoms with Gasteiger partial charge in [0, 0.05) is 12.1 Å². The SMILES string of the molecule is CCCNCc1c(OCCOc2ccccc2)ccc2ccccc12. The van der Waals surface area contributed by atoms with Gasteiger partial charge in [0.2, 0.25) is 0 Å². The summed E-state index contributed by atoms with van der Waals surface area (Å²) in [5, 5.41) is 5.97. The second kappa shape index (κ2) is 9.09. The highest BCUT2D eigenvalue weighted by Gasteiger charge is 2.08. The summed E-state index contributed by atoms with van der Waals surface area (Å²) in [6.45, 7) is 5.03. The minimum atomic E-state index is 0.522. The average Bonchev–Trinajstić information content (AvgIpc) is 2.67. The van der Waals surface area contributed by atoms with Crippen molar-refractivity contribution in [2.24, 2.45) is 0 Å². The third-order valence-electron chi connectivity index (χ3n) is 4.08. The molecule has 1 N–H and O–H groups in total. The molecule has 25 heavy (non-hydrogen) atoms. The Kier molecular flexibility index (Phi) is 6.29. The third-order valence-corrected chi connectivity index (χ3v) is 4.08. The largest absolute Gasteiger partial charge is 0.490 e. The van der Waals surface area contributed by atoms with E-state index in [-0.39, 0.29) is 0 Å². The Balaban J connectivity index is 1.67. The fraction of sp³-hybridized carbons (Fsp3) is 0.273. The van der Waals surface area contributed by atoms with Crippen LogP contribution >= 0.6 is 0 Å². The molecule has 0 aliphatic carbocycles. The van der Waals surface area contributed by atoms with Crippen LogP contribution in [-0.4, -0.2) is 19.8 Å². The fourth-order valence-electron chi connectivity index (χ4n) is 2.85. The van der Waals surface area contributed by atoms with E-state index >= 15 is 0 Å². The highest BCUT2D eigenvalue weighted by Crippen LogP contribution is 2.28. The van der Waals surface area contributed by atoms with Gasteiger partial charge in [-0.05, 0) is 41.9 Å². The van der Waals surface area contributed by atoms with Crippen LogP contribution in [0.25, 0.3) is 10.8 Å².